The van der Waals surface area contributed by atoms with Crippen LogP contribution in [-0.4, -0.2) is 31.2 Å². The third kappa shape index (κ3) is 3.12. The monoisotopic (exact) mass is 242 g/mol. The fraction of sp³-hybridized carbons (Fsp3) is 0.364. The predicted molar refractivity (Wildman–Crippen MR) is 65.1 cm³/mol. The number of carboxylic acid groups (broad SMARTS) is 1. The molecule has 5 heteroatoms. The van der Waals surface area contributed by atoms with Crippen molar-refractivity contribution < 1.29 is 9.90 Å². The lowest BCUT2D eigenvalue weighted by Gasteiger charge is -2.18. The lowest BCUT2D eigenvalue weighted by atomic mass is 10.0. The van der Waals surface area contributed by atoms with Gasteiger partial charge in [-0.3, -0.25) is 4.79 Å². The summed E-state index contributed by atoms with van der Waals surface area (Å²) in [7, 11) is 3.78. The van der Waals surface area contributed by atoms with Crippen molar-refractivity contribution in [1.29, 1.82) is 0 Å². The summed E-state index contributed by atoms with van der Waals surface area (Å²) < 4.78 is 0. The third-order valence-electron chi connectivity index (χ3n) is 2.28. The molecule has 0 amide bonds. The van der Waals surface area contributed by atoms with Crippen LogP contribution in [0.5, 0.6) is 0 Å². The molecular formula is C11H15ClN2O2. The summed E-state index contributed by atoms with van der Waals surface area (Å²) in [5.74, 6) is -1.01. The second-order valence-corrected chi connectivity index (χ2v) is 4.25. The van der Waals surface area contributed by atoms with Gasteiger partial charge < -0.3 is 15.7 Å². The van der Waals surface area contributed by atoms with E-state index in [2.05, 4.69) is 0 Å². The number of hydrogen-bond acceptors (Lipinski definition) is 3. The molecule has 0 saturated carbocycles. The maximum atomic E-state index is 10.7. The van der Waals surface area contributed by atoms with Crippen molar-refractivity contribution in [1.82, 2.24) is 0 Å². The maximum Gasteiger partial charge on any atom is 0.320 e. The Kier molecular flexibility index (Phi) is 4.15. The van der Waals surface area contributed by atoms with Crippen molar-refractivity contribution in [2.45, 2.75) is 12.5 Å². The fourth-order valence-electron chi connectivity index (χ4n) is 1.48. The minimum absolute atomic E-state index is 0.267. The molecule has 3 N–H and O–H groups in total. The minimum atomic E-state index is -1.01. The van der Waals surface area contributed by atoms with E-state index in [1.807, 2.05) is 25.1 Å². The highest BCUT2D eigenvalue weighted by atomic mass is 35.5. The van der Waals surface area contributed by atoms with Gasteiger partial charge in [-0.05, 0) is 23.8 Å². The average molecular weight is 243 g/mol. The van der Waals surface area contributed by atoms with E-state index in [1.54, 1.807) is 12.1 Å². The van der Waals surface area contributed by atoms with Crippen LogP contribution in [0.15, 0.2) is 18.2 Å². The van der Waals surface area contributed by atoms with Gasteiger partial charge in [-0.1, -0.05) is 11.6 Å². The van der Waals surface area contributed by atoms with E-state index in [4.69, 9.17) is 22.4 Å². The number of aliphatic carboxylic acids is 1. The fourth-order valence-corrected chi connectivity index (χ4v) is 1.67. The van der Waals surface area contributed by atoms with Gasteiger partial charge in [-0.25, -0.2) is 0 Å². The molecule has 1 atom stereocenters. The lowest BCUT2D eigenvalue weighted by molar-refractivity contribution is -0.138. The van der Waals surface area contributed by atoms with Crippen LogP contribution in [0.2, 0.25) is 5.02 Å². The normalized spacial score (nSPS) is 12.2. The van der Waals surface area contributed by atoms with Crippen molar-refractivity contribution in [3.63, 3.8) is 0 Å². The number of anilines is 1. The topological polar surface area (TPSA) is 66.6 Å². The molecule has 1 rings (SSSR count). The summed E-state index contributed by atoms with van der Waals surface area (Å²) in [5, 5.41) is 9.35. The first-order chi connectivity index (χ1) is 7.41. The van der Waals surface area contributed by atoms with Gasteiger partial charge in [0.05, 0.1) is 0 Å². The predicted octanol–water partition coefficient (Wildman–Crippen LogP) is 1.36. The number of nitrogens with zero attached hydrogens (tertiary/aromatic N) is 1. The van der Waals surface area contributed by atoms with E-state index in [1.165, 1.54) is 0 Å². The Labute approximate surface area is 99.6 Å². The molecule has 4 nitrogen and oxygen atoms in total. The molecule has 0 fully saturated rings. The molecular weight excluding hydrogens is 228 g/mol. The quantitative estimate of drug-likeness (QED) is 0.837. The Morgan fingerprint density at radius 3 is 2.69 bits per heavy atom. The molecule has 0 unspecified atom stereocenters. The van der Waals surface area contributed by atoms with Crippen LogP contribution in [0, 0.1) is 0 Å². The molecule has 0 spiro atoms. The van der Waals surface area contributed by atoms with Gasteiger partial charge in [0.1, 0.15) is 6.04 Å². The zero-order valence-electron chi connectivity index (χ0n) is 9.27. The van der Waals surface area contributed by atoms with E-state index in [0.717, 1.165) is 11.3 Å². The molecule has 0 aliphatic carbocycles. The smallest absolute Gasteiger partial charge is 0.320 e. The zero-order valence-corrected chi connectivity index (χ0v) is 10.0. The van der Waals surface area contributed by atoms with Crippen molar-refractivity contribution in [3.05, 3.63) is 28.8 Å². The molecule has 0 bridgehead atoms. The standard InChI is InChI=1S/C11H15ClN2O2/c1-14(2)10-4-3-8(12)5-7(10)6-9(13)11(15)16/h3-5,9H,6,13H2,1-2H3,(H,15,16)/t9-/m0/s1. The maximum absolute atomic E-state index is 10.7. The van der Waals surface area contributed by atoms with Gasteiger partial charge in [0.2, 0.25) is 0 Å². The van der Waals surface area contributed by atoms with E-state index >= 15 is 0 Å². The SMILES string of the molecule is CN(C)c1ccc(Cl)cc1C[C@H](N)C(=O)O. The molecule has 0 aliphatic rings. The Bertz CT molecular complexity index is 394. The first-order valence-electron chi connectivity index (χ1n) is 4.86. The van der Waals surface area contributed by atoms with Crippen LogP contribution < -0.4 is 10.6 Å². The van der Waals surface area contributed by atoms with Gasteiger partial charge in [0.15, 0.2) is 0 Å². The number of halogens is 1. The lowest BCUT2D eigenvalue weighted by Crippen LogP contribution is -2.32. The van der Waals surface area contributed by atoms with Gasteiger partial charge >= 0.3 is 5.97 Å². The summed E-state index contributed by atoms with van der Waals surface area (Å²) in [6.45, 7) is 0. The van der Waals surface area contributed by atoms with Crippen molar-refractivity contribution in [3.8, 4) is 0 Å². The molecule has 1 aromatic rings. The summed E-state index contributed by atoms with van der Waals surface area (Å²) >= 11 is 5.88. The number of carbonyl (C=O) groups is 1. The number of nitrogens with two attached hydrogens (primary N) is 1. The molecule has 0 aliphatic heterocycles. The summed E-state index contributed by atoms with van der Waals surface area (Å²) in [5.41, 5.74) is 7.28. The first-order valence-corrected chi connectivity index (χ1v) is 5.23. The number of carboxylic acids is 1. The molecule has 16 heavy (non-hydrogen) atoms. The summed E-state index contributed by atoms with van der Waals surface area (Å²) in [4.78, 5) is 12.6. The minimum Gasteiger partial charge on any atom is -0.480 e. The second kappa shape index (κ2) is 5.18. The van der Waals surface area contributed by atoms with Crippen molar-refractivity contribution in [2.24, 2.45) is 5.73 Å². The largest absolute Gasteiger partial charge is 0.480 e. The molecule has 0 aromatic heterocycles. The van der Waals surface area contributed by atoms with Gasteiger partial charge in [-0.15, -0.1) is 0 Å². The van der Waals surface area contributed by atoms with E-state index < -0.39 is 12.0 Å². The first kappa shape index (κ1) is 12.8. The second-order valence-electron chi connectivity index (χ2n) is 3.82. The van der Waals surface area contributed by atoms with Crippen molar-refractivity contribution >= 4 is 23.3 Å². The number of benzene rings is 1. The zero-order chi connectivity index (χ0) is 12.3. The van der Waals surface area contributed by atoms with Crippen LogP contribution in [-0.2, 0) is 11.2 Å². The van der Waals surface area contributed by atoms with E-state index in [-0.39, 0.29) is 6.42 Å². The molecule has 88 valence electrons. The van der Waals surface area contributed by atoms with Crippen LogP contribution >= 0.6 is 11.6 Å². The Hall–Kier alpha value is -1.26. The number of rotatable bonds is 4. The van der Waals surface area contributed by atoms with Gasteiger partial charge in [0, 0.05) is 31.2 Å². The summed E-state index contributed by atoms with van der Waals surface area (Å²) in [6, 6.07) is 4.47. The average Bonchev–Trinajstić information content (AvgIpc) is 2.16. The Morgan fingerprint density at radius 2 is 2.19 bits per heavy atom. The number of hydrogen-bond donors (Lipinski definition) is 2. The highest BCUT2D eigenvalue weighted by Gasteiger charge is 2.15. The van der Waals surface area contributed by atoms with Crippen LogP contribution in [0.4, 0.5) is 5.69 Å². The highest BCUT2D eigenvalue weighted by molar-refractivity contribution is 6.30. The van der Waals surface area contributed by atoms with Crippen LogP contribution in [0.3, 0.4) is 0 Å². The van der Waals surface area contributed by atoms with E-state index in [0.29, 0.717) is 5.02 Å². The Morgan fingerprint density at radius 1 is 1.56 bits per heavy atom. The Balaban J connectivity index is 3.01. The molecule has 0 saturated heterocycles. The van der Waals surface area contributed by atoms with Crippen molar-refractivity contribution in [2.75, 3.05) is 19.0 Å². The molecule has 0 radical (unpaired) electrons. The summed E-state index contributed by atoms with van der Waals surface area (Å²) in [6.07, 6.45) is 0.267. The highest BCUT2D eigenvalue weighted by Crippen LogP contribution is 2.23. The van der Waals surface area contributed by atoms with Gasteiger partial charge in [-0.2, -0.15) is 0 Å². The van der Waals surface area contributed by atoms with Crippen LogP contribution in [0.1, 0.15) is 5.56 Å². The van der Waals surface area contributed by atoms with Crippen LogP contribution in [0.25, 0.3) is 0 Å². The third-order valence-corrected chi connectivity index (χ3v) is 2.52. The molecule has 0 heterocycles. The van der Waals surface area contributed by atoms with Gasteiger partial charge in [0.25, 0.3) is 0 Å². The van der Waals surface area contributed by atoms with E-state index in [9.17, 15) is 4.79 Å². The molecule has 1 aromatic carbocycles.